The molecule has 0 unspecified atom stereocenters. The maximum atomic E-state index is 10.7. The summed E-state index contributed by atoms with van der Waals surface area (Å²) in [5, 5.41) is 15.0. The van der Waals surface area contributed by atoms with Crippen LogP contribution in [0.25, 0.3) is 11.3 Å². The third-order valence-electron chi connectivity index (χ3n) is 3.29. The fourth-order valence-corrected chi connectivity index (χ4v) is 2.22. The molecular formula is C16H14N4O3. The SMILES string of the molecule is O=[N+]([O-])c1cccc(OCCn2nccc2-c2ccncc2)c1. The van der Waals surface area contributed by atoms with E-state index in [9.17, 15) is 10.1 Å². The van der Waals surface area contributed by atoms with Gasteiger partial charge in [-0.2, -0.15) is 5.10 Å². The largest absolute Gasteiger partial charge is 0.491 e. The summed E-state index contributed by atoms with van der Waals surface area (Å²) in [6, 6.07) is 11.9. The van der Waals surface area contributed by atoms with Gasteiger partial charge in [0.1, 0.15) is 12.4 Å². The molecular weight excluding hydrogens is 296 g/mol. The van der Waals surface area contributed by atoms with E-state index in [1.165, 1.54) is 12.1 Å². The zero-order valence-electron chi connectivity index (χ0n) is 12.2. The highest BCUT2D eigenvalue weighted by Gasteiger charge is 2.08. The van der Waals surface area contributed by atoms with Gasteiger partial charge in [-0.05, 0) is 24.3 Å². The Bertz CT molecular complexity index is 802. The number of benzene rings is 1. The number of non-ortho nitro benzene ring substituents is 1. The summed E-state index contributed by atoms with van der Waals surface area (Å²) >= 11 is 0. The number of ether oxygens (including phenoxy) is 1. The van der Waals surface area contributed by atoms with Gasteiger partial charge in [0, 0.05) is 30.2 Å². The Hall–Kier alpha value is -3.22. The quantitative estimate of drug-likeness (QED) is 0.516. The van der Waals surface area contributed by atoms with Crippen LogP contribution in [0.2, 0.25) is 0 Å². The standard InChI is InChI=1S/C16H14N4O3/c21-20(22)14-2-1-3-15(12-14)23-11-10-19-16(6-9-18-19)13-4-7-17-8-5-13/h1-9,12H,10-11H2. The molecule has 0 radical (unpaired) electrons. The molecule has 0 fully saturated rings. The molecule has 0 saturated carbocycles. The van der Waals surface area contributed by atoms with Gasteiger partial charge in [-0.25, -0.2) is 0 Å². The number of nitro groups is 1. The molecule has 0 atom stereocenters. The first kappa shape index (κ1) is 14.7. The van der Waals surface area contributed by atoms with Gasteiger partial charge in [0.15, 0.2) is 0 Å². The predicted molar refractivity (Wildman–Crippen MR) is 84.0 cm³/mol. The van der Waals surface area contributed by atoms with Crippen LogP contribution >= 0.6 is 0 Å². The Morgan fingerprint density at radius 2 is 1.96 bits per heavy atom. The zero-order chi connectivity index (χ0) is 16.1. The second kappa shape index (κ2) is 6.69. The lowest BCUT2D eigenvalue weighted by Crippen LogP contribution is -2.10. The highest BCUT2D eigenvalue weighted by molar-refractivity contribution is 5.58. The van der Waals surface area contributed by atoms with Crippen molar-refractivity contribution in [1.29, 1.82) is 0 Å². The minimum absolute atomic E-state index is 0.0130. The van der Waals surface area contributed by atoms with Crippen LogP contribution in [0.5, 0.6) is 5.75 Å². The summed E-state index contributed by atoms with van der Waals surface area (Å²) in [6.45, 7) is 0.897. The fourth-order valence-electron chi connectivity index (χ4n) is 2.22. The molecule has 3 rings (SSSR count). The Morgan fingerprint density at radius 3 is 2.74 bits per heavy atom. The number of aromatic nitrogens is 3. The van der Waals surface area contributed by atoms with Crippen LogP contribution in [0.15, 0.2) is 61.1 Å². The second-order valence-electron chi connectivity index (χ2n) is 4.78. The van der Waals surface area contributed by atoms with E-state index >= 15 is 0 Å². The molecule has 7 heteroatoms. The van der Waals surface area contributed by atoms with Crippen molar-refractivity contribution in [2.45, 2.75) is 6.54 Å². The van der Waals surface area contributed by atoms with E-state index in [2.05, 4.69) is 10.1 Å². The maximum absolute atomic E-state index is 10.7. The van der Waals surface area contributed by atoms with E-state index in [1.807, 2.05) is 22.9 Å². The average Bonchev–Trinajstić information content (AvgIpc) is 3.04. The number of pyridine rings is 1. The number of nitro benzene ring substituents is 1. The first-order chi connectivity index (χ1) is 11.2. The van der Waals surface area contributed by atoms with Gasteiger partial charge in [-0.3, -0.25) is 19.8 Å². The van der Waals surface area contributed by atoms with Gasteiger partial charge in [-0.1, -0.05) is 6.07 Å². The third kappa shape index (κ3) is 3.52. The van der Waals surface area contributed by atoms with Gasteiger partial charge < -0.3 is 4.74 Å². The predicted octanol–water partition coefficient (Wildman–Crippen LogP) is 2.93. The summed E-state index contributed by atoms with van der Waals surface area (Å²) in [7, 11) is 0. The molecule has 0 spiro atoms. The van der Waals surface area contributed by atoms with Crippen molar-refractivity contribution in [2.75, 3.05) is 6.61 Å². The second-order valence-corrected chi connectivity index (χ2v) is 4.78. The van der Waals surface area contributed by atoms with Gasteiger partial charge in [0.25, 0.3) is 5.69 Å². The third-order valence-corrected chi connectivity index (χ3v) is 3.29. The van der Waals surface area contributed by atoms with E-state index in [-0.39, 0.29) is 5.69 Å². The van der Waals surface area contributed by atoms with Crippen molar-refractivity contribution in [3.8, 4) is 17.0 Å². The Kier molecular flexibility index (Phi) is 4.28. The number of nitrogens with zero attached hydrogens (tertiary/aromatic N) is 4. The van der Waals surface area contributed by atoms with Crippen LogP contribution in [-0.4, -0.2) is 26.3 Å². The van der Waals surface area contributed by atoms with Crippen molar-refractivity contribution in [2.24, 2.45) is 0 Å². The molecule has 0 aliphatic heterocycles. The van der Waals surface area contributed by atoms with Crippen LogP contribution < -0.4 is 4.74 Å². The normalized spacial score (nSPS) is 10.4. The smallest absolute Gasteiger partial charge is 0.273 e. The topological polar surface area (TPSA) is 83.1 Å². The molecule has 3 aromatic rings. The molecule has 0 aliphatic rings. The van der Waals surface area contributed by atoms with Gasteiger partial charge in [0.2, 0.25) is 0 Å². The molecule has 0 aliphatic carbocycles. The van der Waals surface area contributed by atoms with Crippen molar-refractivity contribution < 1.29 is 9.66 Å². The number of hydrogen-bond acceptors (Lipinski definition) is 5. The van der Waals surface area contributed by atoms with Crippen molar-refractivity contribution >= 4 is 5.69 Å². The molecule has 0 saturated heterocycles. The lowest BCUT2D eigenvalue weighted by atomic mass is 10.2. The van der Waals surface area contributed by atoms with Gasteiger partial charge in [0.05, 0.1) is 23.2 Å². The maximum Gasteiger partial charge on any atom is 0.273 e. The van der Waals surface area contributed by atoms with Crippen LogP contribution in [0.3, 0.4) is 0 Å². The monoisotopic (exact) mass is 310 g/mol. The van der Waals surface area contributed by atoms with Crippen molar-refractivity contribution in [3.63, 3.8) is 0 Å². The minimum Gasteiger partial charge on any atom is -0.491 e. The van der Waals surface area contributed by atoms with Crippen molar-refractivity contribution in [1.82, 2.24) is 14.8 Å². The van der Waals surface area contributed by atoms with E-state index in [1.54, 1.807) is 30.7 Å². The molecule has 116 valence electrons. The van der Waals surface area contributed by atoms with E-state index in [0.29, 0.717) is 18.9 Å². The molecule has 7 nitrogen and oxygen atoms in total. The van der Waals surface area contributed by atoms with E-state index in [4.69, 9.17) is 4.74 Å². The molecule has 0 amide bonds. The molecule has 2 aromatic heterocycles. The lowest BCUT2D eigenvalue weighted by Gasteiger charge is -2.09. The summed E-state index contributed by atoms with van der Waals surface area (Å²) in [4.78, 5) is 14.3. The summed E-state index contributed by atoms with van der Waals surface area (Å²) < 4.78 is 7.41. The number of rotatable bonds is 6. The molecule has 2 heterocycles. The van der Waals surface area contributed by atoms with Crippen molar-refractivity contribution in [3.05, 3.63) is 71.2 Å². The first-order valence-corrected chi connectivity index (χ1v) is 7.03. The molecule has 0 bridgehead atoms. The van der Waals surface area contributed by atoms with E-state index in [0.717, 1.165) is 11.3 Å². The fraction of sp³-hybridized carbons (Fsp3) is 0.125. The summed E-state index contributed by atoms with van der Waals surface area (Å²) in [6.07, 6.45) is 5.18. The summed E-state index contributed by atoms with van der Waals surface area (Å²) in [5.41, 5.74) is 2.00. The Morgan fingerprint density at radius 1 is 1.13 bits per heavy atom. The Balaban J connectivity index is 1.65. The average molecular weight is 310 g/mol. The van der Waals surface area contributed by atoms with Crippen LogP contribution in [0, 0.1) is 10.1 Å². The lowest BCUT2D eigenvalue weighted by molar-refractivity contribution is -0.384. The van der Waals surface area contributed by atoms with Gasteiger partial charge in [-0.15, -0.1) is 0 Å². The number of hydrogen-bond donors (Lipinski definition) is 0. The highest BCUT2D eigenvalue weighted by Crippen LogP contribution is 2.20. The zero-order valence-corrected chi connectivity index (χ0v) is 12.2. The van der Waals surface area contributed by atoms with Crippen LogP contribution in [0.1, 0.15) is 0 Å². The van der Waals surface area contributed by atoms with Crippen LogP contribution in [0.4, 0.5) is 5.69 Å². The molecule has 23 heavy (non-hydrogen) atoms. The van der Waals surface area contributed by atoms with E-state index < -0.39 is 4.92 Å². The minimum atomic E-state index is -0.443. The van der Waals surface area contributed by atoms with Gasteiger partial charge >= 0.3 is 0 Å². The van der Waals surface area contributed by atoms with Crippen LogP contribution in [-0.2, 0) is 6.54 Å². The first-order valence-electron chi connectivity index (χ1n) is 7.03. The highest BCUT2D eigenvalue weighted by atomic mass is 16.6. The Labute approximate surface area is 132 Å². The summed E-state index contributed by atoms with van der Waals surface area (Å²) in [5.74, 6) is 0.469. The molecule has 1 aromatic carbocycles. The molecule has 0 N–H and O–H groups in total.